The number of aliphatic hydroxyl groups excluding tert-OH is 1. The topological polar surface area (TPSA) is 105 Å². The van der Waals surface area contributed by atoms with Crippen LogP contribution in [0, 0.1) is 0 Å². The molecule has 1 heterocycles. The number of rotatable bonds is 8. The zero-order chi connectivity index (χ0) is 28.9. The van der Waals surface area contributed by atoms with E-state index >= 15 is 0 Å². The Balaban J connectivity index is 1.43. The fourth-order valence-corrected chi connectivity index (χ4v) is 6.00. The molecule has 8 nitrogen and oxygen atoms in total. The first-order valence-corrected chi connectivity index (χ1v) is 14.2. The molecule has 3 aromatic rings. The van der Waals surface area contributed by atoms with Gasteiger partial charge in [0.2, 0.25) is 0 Å². The van der Waals surface area contributed by atoms with E-state index in [2.05, 4.69) is 5.48 Å². The van der Waals surface area contributed by atoms with Crippen LogP contribution in [0.2, 0.25) is 5.02 Å². The molecule has 0 spiro atoms. The maximum Gasteiger partial charge on any atom is 0.309 e. The van der Waals surface area contributed by atoms with Crippen molar-refractivity contribution in [3.63, 3.8) is 0 Å². The number of amides is 2. The highest BCUT2D eigenvalue weighted by atomic mass is 35.5. The van der Waals surface area contributed by atoms with Crippen LogP contribution >= 0.6 is 11.6 Å². The molecule has 2 N–H and O–H groups in total. The maximum absolute atomic E-state index is 14.0. The third-order valence-corrected chi connectivity index (χ3v) is 8.18. The van der Waals surface area contributed by atoms with Crippen molar-refractivity contribution in [1.82, 2.24) is 10.4 Å². The molecule has 2 aliphatic rings. The van der Waals surface area contributed by atoms with Gasteiger partial charge in [-0.25, -0.2) is 5.48 Å². The predicted molar refractivity (Wildman–Crippen MR) is 153 cm³/mol. The van der Waals surface area contributed by atoms with E-state index in [0.29, 0.717) is 29.0 Å². The summed E-state index contributed by atoms with van der Waals surface area (Å²) < 4.78 is 4.71. The quantitative estimate of drug-likeness (QED) is 0.292. The molecule has 9 heteroatoms. The van der Waals surface area contributed by atoms with Crippen molar-refractivity contribution in [3.05, 3.63) is 106 Å². The van der Waals surface area contributed by atoms with Crippen LogP contribution in [0.25, 0.3) is 0 Å². The second kappa shape index (κ2) is 12.9. The number of hydroxylamine groups is 1. The Morgan fingerprint density at radius 3 is 2.37 bits per heavy atom. The molecule has 3 aromatic carbocycles. The minimum atomic E-state index is -0.790. The van der Waals surface area contributed by atoms with Crippen molar-refractivity contribution in [2.45, 2.75) is 62.8 Å². The number of esters is 1. The third-order valence-electron chi connectivity index (χ3n) is 7.93. The summed E-state index contributed by atoms with van der Waals surface area (Å²) in [4.78, 5) is 46.8. The van der Waals surface area contributed by atoms with Gasteiger partial charge in [0.25, 0.3) is 11.8 Å². The van der Waals surface area contributed by atoms with Gasteiger partial charge >= 0.3 is 5.97 Å². The number of carbonyl (C=O) groups excluding carboxylic acids is 3. The largest absolute Gasteiger partial charge is 0.469 e. The number of ether oxygens (including phenoxy) is 1. The summed E-state index contributed by atoms with van der Waals surface area (Å²) in [6.07, 6.45) is 2.52. The summed E-state index contributed by atoms with van der Waals surface area (Å²) in [6, 6.07) is 20.4. The van der Waals surface area contributed by atoms with Crippen molar-refractivity contribution in [2.75, 3.05) is 7.11 Å². The lowest BCUT2D eigenvalue weighted by atomic mass is 9.77. The minimum absolute atomic E-state index is 0.105. The van der Waals surface area contributed by atoms with Gasteiger partial charge in [-0.3, -0.25) is 19.2 Å². The number of hydrogen-bond acceptors (Lipinski definition) is 6. The lowest BCUT2D eigenvalue weighted by molar-refractivity contribution is -0.140. The van der Waals surface area contributed by atoms with Crippen LogP contribution < -0.4 is 5.48 Å². The highest BCUT2D eigenvalue weighted by molar-refractivity contribution is 6.30. The van der Waals surface area contributed by atoms with Crippen LogP contribution in [-0.4, -0.2) is 47.0 Å². The minimum Gasteiger partial charge on any atom is -0.469 e. The average molecular weight is 577 g/mol. The lowest BCUT2D eigenvalue weighted by Gasteiger charge is -2.48. The summed E-state index contributed by atoms with van der Waals surface area (Å²) in [5.41, 5.74) is 6.03. The molecule has 0 aromatic heterocycles. The summed E-state index contributed by atoms with van der Waals surface area (Å²) in [5, 5.41) is 11.5. The van der Waals surface area contributed by atoms with E-state index in [1.807, 2.05) is 42.5 Å². The summed E-state index contributed by atoms with van der Waals surface area (Å²) in [7, 11) is 1.35. The molecule has 41 heavy (non-hydrogen) atoms. The van der Waals surface area contributed by atoms with Crippen LogP contribution in [0.3, 0.4) is 0 Å². The first-order chi connectivity index (χ1) is 19.9. The molecule has 214 valence electrons. The Morgan fingerprint density at radius 1 is 0.976 bits per heavy atom. The zero-order valence-corrected chi connectivity index (χ0v) is 23.5. The second-order valence-corrected chi connectivity index (χ2v) is 11.0. The Bertz CT molecular complexity index is 1390. The molecule has 0 bridgehead atoms. The van der Waals surface area contributed by atoms with E-state index in [9.17, 15) is 19.5 Å². The van der Waals surface area contributed by atoms with E-state index in [1.165, 1.54) is 7.11 Å². The second-order valence-electron chi connectivity index (χ2n) is 10.5. The summed E-state index contributed by atoms with van der Waals surface area (Å²) in [6.45, 7) is 0.105. The lowest BCUT2D eigenvalue weighted by Crippen LogP contribution is -2.55. The maximum atomic E-state index is 14.0. The van der Waals surface area contributed by atoms with Gasteiger partial charge in [0, 0.05) is 10.6 Å². The monoisotopic (exact) mass is 576 g/mol. The standard InChI is InChI=1S/C32H33ClN2O6/c1-40-28(37)18-20-10-12-21(13-11-20)19-41-34-31(38)29-24-6-2-3-7-25(24)32(39)35(26-8-4-5-9-27(26)36)30(29)22-14-16-23(33)17-15-22/h2-3,6-7,10-17,26-27,29-30,36H,4-5,8-9,18-19H2,1H3,(H,34,38)/t26-,27-,29+,30-/m0/s1. The molecule has 4 atom stereocenters. The molecule has 1 aliphatic carbocycles. The van der Waals surface area contributed by atoms with Gasteiger partial charge in [0.15, 0.2) is 0 Å². The molecule has 1 fully saturated rings. The average Bonchev–Trinajstić information content (AvgIpc) is 2.99. The SMILES string of the molecule is COC(=O)Cc1ccc(CONC(=O)[C@@H]2c3ccccc3C(=O)N([C@H]3CCCC[C@@H]3O)[C@H]2c2ccc(Cl)cc2)cc1. The zero-order valence-electron chi connectivity index (χ0n) is 22.8. The van der Waals surface area contributed by atoms with Gasteiger partial charge in [-0.2, -0.15) is 0 Å². The Hall–Kier alpha value is -3.72. The van der Waals surface area contributed by atoms with Gasteiger partial charge in [0.05, 0.1) is 44.2 Å². The summed E-state index contributed by atoms with van der Waals surface area (Å²) >= 11 is 6.19. The van der Waals surface area contributed by atoms with E-state index in [-0.39, 0.29) is 24.9 Å². The van der Waals surface area contributed by atoms with Crippen molar-refractivity contribution < 1.29 is 29.1 Å². The number of aliphatic hydroxyl groups is 1. The van der Waals surface area contributed by atoms with Gasteiger partial charge < -0.3 is 14.7 Å². The van der Waals surface area contributed by atoms with Crippen LogP contribution in [0.1, 0.15) is 70.3 Å². The van der Waals surface area contributed by atoms with E-state index in [4.69, 9.17) is 21.2 Å². The van der Waals surface area contributed by atoms with Gasteiger partial charge in [-0.1, -0.05) is 79.0 Å². The molecule has 0 unspecified atom stereocenters. The van der Waals surface area contributed by atoms with Gasteiger partial charge in [-0.15, -0.1) is 0 Å². The first-order valence-electron chi connectivity index (χ1n) is 13.8. The molecule has 0 saturated heterocycles. The van der Waals surface area contributed by atoms with Crippen molar-refractivity contribution in [3.8, 4) is 0 Å². The van der Waals surface area contributed by atoms with Crippen molar-refractivity contribution in [2.24, 2.45) is 0 Å². The van der Waals surface area contributed by atoms with Gasteiger partial charge in [0.1, 0.15) is 0 Å². The summed E-state index contributed by atoms with van der Waals surface area (Å²) in [5.74, 6) is -1.72. The van der Waals surface area contributed by atoms with Crippen LogP contribution in [0.4, 0.5) is 0 Å². The first kappa shape index (κ1) is 28.8. The Kier molecular flexibility index (Phi) is 9.03. The van der Waals surface area contributed by atoms with Crippen molar-refractivity contribution in [1.29, 1.82) is 0 Å². The smallest absolute Gasteiger partial charge is 0.309 e. The predicted octanol–water partition coefficient (Wildman–Crippen LogP) is 4.89. The molecule has 1 saturated carbocycles. The van der Waals surface area contributed by atoms with Crippen LogP contribution in [-0.2, 0) is 32.2 Å². The number of methoxy groups -OCH3 is 1. The number of nitrogens with one attached hydrogen (secondary N) is 1. The molecule has 1 aliphatic heterocycles. The number of benzene rings is 3. The number of carbonyl (C=O) groups is 3. The normalized spacial score (nSPS) is 22.1. The molecule has 2 amide bonds. The highest BCUT2D eigenvalue weighted by Crippen LogP contribution is 2.46. The Morgan fingerprint density at radius 2 is 1.66 bits per heavy atom. The molecule has 5 rings (SSSR count). The number of hydrogen-bond donors (Lipinski definition) is 2. The molecular weight excluding hydrogens is 544 g/mol. The molecular formula is C32H33ClN2O6. The van der Waals surface area contributed by atoms with E-state index < -0.39 is 30.0 Å². The fourth-order valence-electron chi connectivity index (χ4n) is 5.88. The van der Waals surface area contributed by atoms with E-state index in [1.54, 1.807) is 35.2 Å². The highest BCUT2D eigenvalue weighted by Gasteiger charge is 2.48. The third kappa shape index (κ3) is 6.30. The fraction of sp³-hybridized carbons (Fsp3) is 0.344. The van der Waals surface area contributed by atoms with Crippen molar-refractivity contribution >= 4 is 29.4 Å². The van der Waals surface area contributed by atoms with E-state index in [0.717, 1.165) is 29.5 Å². The van der Waals surface area contributed by atoms with Crippen LogP contribution in [0.15, 0.2) is 72.8 Å². The number of halogens is 1. The molecule has 0 radical (unpaired) electrons. The van der Waals surface area contributed by atoms with Crippen LogP contribution in [0.5, 0.6) is 0 Å². The Labute approximate surface area is 244 Å². The van der Waals surface area contributed by atoms with Gasteiger partial charge in [-0.05, 0) is 53.3 Å². The number of nitrogens with zero attached hydrogens (tertiary/aromatic N) is 1. The number of fused-ring (bicyclic) bond motifs is 1.